The molecule has 1 aliphatic carbocycles. The molecule has 1 aromatic carbocycles. The first-order chi connectivity index (χ1) is 14.5. The third-order valence-corrected chi connectivity index (χ3v) is 7.67. The van der Waals surface area contributed by atoms with Gasteiger partial charge in [0.05, 0.1) is 39.9 Å². The highest BCUT2D eigenvalue weighted by atomic mass is 32.2. The fourth-order valence-electron chi connectivity index (χ4n) is 3.60. The van der Waals surface area contributed by atoms with Crippen molar-refractivity contribution in [3.63, 3.8) is 0 Å². The van der Waals surface area contributed by atoms with Crippen LogP contribution in [0.15, 0.2) is 39.0 Å². The van der Waals surface area contributed by atoms with Gasteiger partial charge in [0.25, 0.3) is 11.5 Å². The number of hydrogen-bond acceptors (Lipinski definition) is 6. The minimum absolute atomic E-state index is 0.00775. The number of carbonyl (C=O) groups excluding carboxylic acids is 1. The van der Waals surface area contributed by atoms with E-state index in [1.54, 1.807) is 17.9 Å². The normalized spacial score (nSPS) is 15.2. The molecule has 0 spiro atoms. The zero-order chi connectivity index (χ0) is 22.6. The van der Waals surface area contributed by atoms with Gasteiger partial charge in [-0.25, -0.2) is 13.2 Å². The smallest absolute Gasteiger partial charge is 0.329 e. The van der Waals surface area contributed by atoms with E-state index in [1.165, 1.54) is 25.4 Å². The number of nitrogens with zero attached hydrogens (tertiary/aromatic N) is 3. The van der Waals surface area contributed by atoms with Gasteiger partial charge in [-0.05, 0) is 30.4 Å². The van der Waals surface area contributed by atoms with Crippen LogP contribution in [0.25, 0.3) is 10.9 Å². The Labute approximate surface area is 177 Å². The topological polar surface area (TPSA) is 136 Å². The molecule has 10 nitrogen and oxygen atoms in total. The molecule has 11 heteroatoms. The molecule has 31 heavy (non-hydrogen) atoms. The van der Waals surface area contributed by atoms with Gasteiger partial charge >= 0.3 is 5.69 Å². The lowest BCUT2D eigenvalue weighted by atomic mass is 10.1. The average molecular weight is 446 g/mol. The molecular formula is C20H23N5O5S. The minimum Gasteiger partial charge on any atom is -0.355 e. The van der Waals surface area contributed by atoms with Crippen LogP contribution in [0.2, 0.25) is 0 Å². The van der Waals surface area contributed by atoms with Crippen molar-refractivity contribution >= 4 is 26.6 Å². The highest BCUT2D eigenvalue weighted by Crippen LogP contribution is 2.47. The van der Waals surface area contributed by atoms with Crippen LogP contribution in [-0.2, 0) is 23.4 Å². The Morgan fingerprint density at radius 2 is 2.00 bits per heavy atom. The second-order valence-corrected chi connectivity index (χ2v) is 10.4. The van der Waals surface area contributed by atoms with Crippen molar-refractivity contribution < 1.29 is 13.2 Å². The molecule has 2 N–H and O–H groups in total. The summed E-state index contributed by atoms with van der Waals surface area (Å²) in [5.41, 5.74) is -1.09. The Morgan fingerprint density at radius 1 is 1.29 bits per heavy atom. The number of nitrogens with one attached hydrogen (secondary N) is 2. The summed E-state index contributed by atoms with van der Waals surface area (Å²) in [6, 6.07) is 2.48. The van der Waals surface area contributed by atoms with E-state index in [1.807, 2.05) is 6.92 Å². The Balaban J connectivity index is 1.94. The zero-order valence-electron chi connectivity index (χ0n) is 17.4. The van der Waals surface area contributed by atoms with Crippen LogP contribution in [0.1, 0.15) is 35.7 Å². The van der Waals surface area contributed by atoms with E-state index >= 15 is 0 Å². The Morgan fingerprint density at radius 3 is 2.58 bits per heavy atom. The highest BCUT2D eigenvalue weighted by Gasteiger charge is 2.42. The molecule has 0 aliphatic heterocycles. The molecule has 0 saturated heterocycles. The van der Waals surface area contributed by atoms with Gasteiger partial charge in [-0.2, -0.15) is 5.10 Å². The van der Waals surface area contributed by atoms with Gasteiger partial charge in [0.15, 0.2) is 9.84 Å². The SMILES string of the molecule is CNC(=O)c1cc(S(=O)(=O)CC2(C)CC2)cc2c(=O)n(Cc3cnn(C)c3)c(=O)[nH]c12. The Bertz CT molecular complexity index is 1430. The number of hydrogen-bond donors (Lipinski definition) is 2. The zero-order valence-corrected chi connectivity index (χ0v) is 18.2. The molecule has 4 rings (SSSR count). The molecule has 0 atom stereocenters. The van der Waals surface area contributed by atoms with E-state index < -0.39 is 27.0 Å². The number of aromatic amines is 1. The van der Waals surface area contributed by atoms with Crippen molar-refractivity contribution in [3.05, 3.63) is 56.5 Å². The van der Waals surface area contributed by atoms with Gasteiger partial charge < -0.3 is 10.3 Å². The molecule has 2 aromatic heterocycles. The summed E-state index contributed by atoms with van der Waals surface area (Å²) < 4.78 is 28.6. The van der Waals surface area contributed by atoms with Crippen molar-refractivity contribution in [2.24, 2.45) is 12.5 Å². The van der Waals surface area contributed by atoms with E-state index in [9.17, 15) is 22.8 Å². The predicted molar refractivity (Wildman–Crippen MR) is 114 cm³/mol. The Hall–Kier alpha value is -3.21. The number of fused-ring (bicyclic) bond motifs is 1. The summed E-state index contributed by atoms with van der Waals surface area (Å²) in [6.45, 7) is 1.85. The lowest BCUT2D eigenvalue weighted by Gasteiger charge is -2.13. The molecule has 1 amide bonds. The van der Waals surface area contributed by atoms with Crippen LogP contribution in [0.4, 0.5) is 0 Å². The number of H-pyrrole nitrogens is 1. The summed E-state index contributed by atoms with van der Waals surface area (Å²) in [6.07, 6.45) is 4.83. The third kappa shape index (κ3) is 3.92. The largest absolute Gasteiger partial charge is 0.355 e. The van der Waals surface area contributed by atoms with Crippen LogP contribution in [0, 0.1) is 5.41 Å². The minimum atomic E-state index is -3.74. The molecular weight excluding hydrogens is 422 g/mol. The van der Waals surface area contributed by atoms with Crippen LogP contribution in [0.5, 0.6) is 0 Å². The van der Waals surface area contributed by atoms with Gasteiger partial charge in [0, 0.05) is 25.9 Å². The number of sulfone groups is 1. The summed E-state index contributed by atoms with van der Waals surface area (Å²) >= 11 is 0. The van der Waals surface area contributed by atoms with E-state index in [2.05, 4.69) is 15.4 Å². The third-order valence-electron chi connectivity index (χ3n) is 5.64. The summed E-state index contributed by atoms with van der Waals surface area (Å²) in [4.78, 5) is 40.7. The van der Waals surface area contributed by atoms with Gasteiger partial charge in [-0.1, -0.05) is 6.92 Å². The lowest BCUT2D eigenvalue weighted by molar-refractivity contribution is 0.0964. The predicted octanol–water partition coefficient (Wildman–Crippen LogP) is 0.405. The first kappa shape index (κ1) is 21.0. The van der Waals surface area contributed by atoms with Crippen LogP contribution >= 0.6 is 0 Å². The molecule has 3 aromatic rings. The molecule has 1 saturated carbocycles. The van der Waals surface area contributed by atoms with Crippen LogP contribution in [0.3, 0.4) is 0 Å². The van der Waals surface area contributed by atoms with Crippen molar-refractivity contribution in [2.45, 2.75) is 31.2 Å². The number of benzene rings is 1. The second kappa shape index (κ2) is 7.19. The highest BCUT2D eigenvalue weighted by molar-refractivity contribution is 7.91. The van der Waals surface area contributed by atoms with E-state index in [0.717, 1.165) is 17.4 Å². The lowest BCUT2D eigenvalue weighted by Crippen LogP contribution is -2.36. The van der Waals surface area contributed by atoms with Gasteiger partial charge in [-0.15, -0.1) is 0 Å². The standard InChI is InChI=1S/C20H23N5O5S/c1-20(4-5-20)11-31(29,30)13-6-14(17(26)21-2)16-15(7-13)18(27)25(19(28)23-16)10-12-8-22-24(3)9-12/h6-9H,4-5,10-11H2,1-3H3,(H,21,26)(H,23,28). The second-order valence-electron chi connectivity index (χ2n) is 8.39. The maximum absolute atomic E-state index is 13.2. The van der Waals surface area contributed by atoms with Crippen molar-refractivity contribution in [1.29, 1.82) is 0 Å². The van der Waals surface area contributed by atoms with Gasteiger partial charge in [0.2, 0.25) is 0 Å². The van der Waals surface area contributed by atoms with Crippen LogP contribution in [-0.4, -0.2) is 46.5 Å². The Kier molecular flexibility index (Phi) is 4.88. The van der Waals surface area contributed by atoms with Crippen molar-refractivity contribution in [3.8, 4) is 0 Å². The maximum Gasteiger partial charge on any atom is 0.329 e. The first-order valence-electron chi connectivity index (χ1n) is 9.76. The summed E-state index contributed by atoms with van der Waals surface area (Å²) in [5.74, 6) is -0.661. The molecule has 164 valence electrons. The fourth-order valence-corrected chi connectivity index (χ4v) is 5.57. The van der Waals surface area contributed by atoms with Crippen molar-refractivity contribution in [1.82, 2.24) is 24.6 Å². The number of carbonyl (C=O) groups is 1. The molecule has 0 radical (unpaired) electrons. The molecule has 0 unspecified atom stereocenters. The molecule has 0 bridgehead atoms. The maximum atomic E-state index is 13.2. The van der Waals surface area contributed by atoms with Crippen LogP contribution < -0.4 is 16.6 Å². The quantitative estimate of drug-likeness (QED) is 0.564. The monoisotopic (exact) mass is 445 g/mol. The van der Waals surface area contributed by atoms with E-state index in [0.29, 0.717) is 5.56 Å². The molecule has 2 heterocycles. The molecule has 1 fully saturated rings. The first-order valence-corrected chi connectivity index (χ1v) is 11.4. The summed E-state index contributed by atoms with van der Waals surface area (Å²) in [5, 5.41) is 6.42. The fraction of sp³-hybridized carbons (Fsp3) is 0.400. The average Bonchev–Trinajstić information content (AvgIpc) is 3.27. The van der Waals surface area contributed by atoms with Gasteiger partial charge in [0.1, 0.15) is 0 Å². The number of rotatable bonds is 6. The van der Waals surface area contributed by atoms with Crippen molar-refractivity contribution in [2.75, 3.05) is 12.8 Å². The van der Waals surface area contributed by atoms with E-state index in [-0.39, 0.29) is 39.1 Å². The van der Waals surface area contributed by atoms with Gasteiger partial charge in [-0.3, -0.25) is 18.8 Å². The molecule has 1 aliphatic rings. The summed E-state index contributed by atoms with van der Waals surface area (Å²) in [7, 11) is -0.636. The van der Waals surface area contributed by atoms with E-state index in [4.69, 9.17) is 0 Å². The number of aryl methyl sites for hydroxylation is 1. The number of amides is 1. The number of aromatic nitrogens is 4.